The van der Waals surface area contributed by atoms with Crippen LogP contribution in [-0.2, 0) is 0 Å². The van der Waals surface area contributed by atoms with Gasteiger partial charge >= 0.3 is 79.7 Å². The molecule has 0 atom stereocenters. The maximum atomic E-state index is 4.01. The third kappa shape index (κ3) is 3.70. The Labute approximate surface area is 80.1 Å². The van der Waals surface area contributed by atoms with E-state index in [-0.39, 0.29) is 0 Å². The van der Waals surface area contributed by atoms with Crippen LogP contribution in [0.2, 0.25) is 0 Å². The third-order valence-corrected chi connectivity index (χ3v) is 3.06. The van der Waals surface area contributed by atoms with Gasteiger partial charge < -0.3 is 0 Å². The van der Waals surface area contributed by atoms with E-state index in [0.717, 1.165) is 0 Å². The Morgan fingerprint density at radius 1 is 1.67 bits per heavy atom. The van der Waals surface area contributed by atoms with Crippen molar-refractivity contribution in [2.24, 2.45) is 0 Å². The van der Waals surface area contributed by atoms with Crippen LogP contribution < -0.4 is 4.46 Å². The molecule has 0 saturated carbocycles. The van der Waals surface area contributed by atoms with Gasteiger partial charge in [-0.2, -0.15) is 0 Å². The summed E-state index contributed by atoms with van der Waals surface area (Å²) >= 11 is 0.444. The fourth-order valence-electron chi connectivity index (χ4n) is 0.736. The van der Waals surface area contributed by atoms with E-state index in [1.807, 2.05) is 12.3 Å². The molecule has 2 heteroatoms. The predicted octanol–water partition coefficient (Wildman–Crippen LogP) is 1.53. The fourth-order valence-corrected chi connectivity index (χ4v) is 2.09. The van der Waals surface area contributed by atoms with Gasteiger partial charge in [0.15, 0.2) is 0 Å². The van der Waals surface area contributed by atoms with Gasteiger partial charge in [0, 0.05) is 0 Å². The predicted molar refractivity (Wildman–Crippen MR) is 52.5 cm³/mol. The van der Waals surface area contributed by atoms with Gasteiger partial charge in [0.1, 0.15) is 0 Å². The normalized spacial score (nSPS) is 10.8. The minimum absolute atomic E-state index is 0.444. The molecule has 0 unspecified atom stereocenters. The summed E-state index contributed by atoms with van der Waals surface area (Å²) in [5, 5.41) is 0. The average Bonchev–Trinajstić information content (AvgIpc) is 2.14. The van der Waals surface area contributed by atoms with Crippen LogP contribution in [0.4, 0.5) is 0 Å². The molecule has 0 aliphatic rings. The van der Waals surface area contributed by atoms with Crippen LogP contribution in [0.15, 0.2) is 29.5 Å². The first-order valence-electron chi connectivity index (χ1n) is 4.06. The molecule has 1 aromatic rings. The monoisotopic (exact) mass is 226 g/mol. The van der Waals surface area contributed by atoms with Gasteiger partial charge in [-0.15, -0.1) is 0 Å². The third-order valence-electron chi connectivity index (χ3n) is 1.33. The molecule has 1 radical (unpaired) electrons. The van der Waals surface area contributed by atoms with E-state index in [9.17, 15) is 0 Å². The second kappa shape index (κ2) is 5.98. The average molecular weight is 225 g/mol. The molecule has 0 N–H and O–H groups in total. The van der Waals surface area contributed by atoms with Crippen LogP contribution in [0.25, 0.3) is 0 Å². The first kappa shape index (κ1) is 9.50. The van der Waals surface area contributed by atoms with Crippen molar-refractivity contribution < 1.29 is 0 Å². The van der Waals surface area contributed by atoms with Crippen molar-refractivity contribution in [3.05, 3.63) is 35.6 Å². The van der Waals surface area contributed by atoms with E-state index >= 15 is 0 Å². The second-order valence-corrected chi connectivity index (χ2v) is 4.45. The van der Waals surface area contributed by atoms with Crippen molar-refractivity contribution in [3.8, 4) is 0 Å². The summed E-state index contributed by atoms with van der Waals surface area (Å²) < 4.78 is 1.29. The topological polar surface area (TPSA) is 12.9 Å². The van der Waals surface area contributed by atoms with Crippen LogP contribution in [0.1, 0.15) is 19.8 Å². The van der Waals surface area contributed by atoms with Crippen molar-refractivity contribution >= 4 is 19.4 Å². The van der Waals surface area contributed by atoms with E-state index in [1.165, 1.54) is 17.3 Å². The zero-order valence-corrected chi connectivity index (χ0v) is 8.87. The first-order chi connectivity index (χ1) is 5.93. The summed E-state index contributed by atoms with van der Waals surface area (Å²) in [6.07, 6.45) is 8.26. The van der Waals surface area contributed by atoms with E-state index < -0.39 is 0 Å². The molecule has 0 spiro atoms. The van der Waals surface area contributed by atoms with Crippen molar-refractivity contribution in [1.82, 2.24) is 4.98 Å². The molecule has 0 fully saturated rings. The summed E-state index contributed by atoms with van der Waals surface area (Å²) in [6, 6.07) is 4.98. The Kier molecular flexibility index (Phi) is 4.74. The number of hydrogen-bond donors (Lipinski definition) is 0. The van der Waals surface area contributed by atoms with E-state index in [0.29, 0.717) is 15.0 Å². The van der Waals surface area contributed by atoms with Crippen molar-refractivity contribution in [2.75, 3.05) is 0 Å². The maximum absolute atomic E-state index is 4.01. The molecule has 0 aromatic carbocycles. The molecular weight excluding hydrogens is 213 g/mol. The van der Waals surface area contributed by atoms with Gasteiger partial charge in [0.2, 0.25) is 0 Å². The summed E-state index contributed by atoms with van der Waals surface area (Å²) in [5.41, 5.74) is 0. The number of aromatic nitrogens is 1. The van der Waals surface area contributed by atoms with E-state index in [1.54, 1.807) is 6.20 Å². The molecule has 0 aliphatic carbocycles. The molecule has 1 nitrogen and oxygen atoms in total. The van der Waals surface area contributed by atoms with Crippen LogP contribution in [0.3, 0.4) is 0 Å². The van der Waals surface area contributed by atoms with Gasteiger partial charge in [-0.25, -0.2) is 0 Å². The summed E-state index contributed by atoms with van der Waals surface area (Å²) in [4.78, 5) is 6.26. The number of nitrogens with zero attached hydrogens (tertiary/aromatic N) is 1. The van der Waals surface area contributed by atoms with Crippen molar-refractivity contribution in [2.45, 2.75) is 19.8 Å². The van der Waals surface area contributed by atoms with Gasteiger partial charge in [-0.05, 0) is 0 Å². The Morgan fingerprint density at radius 3 is 3.25 bits per heavy atom. The molecule has 0 saturated heterocycles. The molecule has 0 amide bonds. The molecule has 63 valence electrons. The van der Waals surface area contributed by atoms with Gasteiger partial charge in [-0.3, -0.25) is 0 Å². The second-order valence-electron chi connectivity index (χ2n) is 2.40. The van der Waals surface area contributed by atoms with E-state index in [4.69, 9.17) is 0 Å². The zero-order chi connectivity index (χ0) is 8.65. The van der Waals surface area contributed by atoms with Crippen LogP contribution in [0, 0.1) is 6.07 Å². The number of rotatable bonds is 4. The molecule has 1 heterocycles. The van der Waals surface area contributed by atoms with Crippen molar-refractivity contribution in [1.29, 1.82) is 0 Å². The van der Waals surface area contributed by atoms with Crippen LogP contribution >= 0.6 is 0 Å². The quantitative estimate of drug-likeness (QED) is 0.708. The number of pyridine rings is 1. The van der Waals surface area contributed by atoms with Crippen LogP contribution in [-0.4, -0.2) is 19.9 Å². The number of hydrogen-bond acceptors (Lipinski definition) is 1. The SMILES string of the molecule is CCCC=C[Se]c1c[c]cnc1. The van der Waals surface area contributed by atoms with Crippen molar-refractivity contribution in [3.63, 3.8) is 0 Å². The number of unbranched alkanes of at least 4 members (excludes halogenated alkanes) is 1. The zero-order valence-electron chi connectivity index (χ0n) is 7.16. The van der Waals surface area contributed by atoms with Crippen LogP contribution in [0.5, 0.6) is 0 Å². The molecule has 12 heavy (non-hydrogen) atoms. The summed E-state index contributed by atoms with van der Waals surface area (Å²) in [7, 11) is 0. The van der Waals surface area contributed by atoms with Gasteiger partial charge in [0.05, 0.1) is 0 Å². The Morgan fingerprint density at radius 2 is 2.58 bits per heavy atom. The molecular formula is C10H12NSe. The molecule has 0 aliphatic heterocycles. The Hall–Kier alpha value is -0.591. The molecule has 1 rings (SSSR count). The summed E-state index contributed by atoms with van der Waals surface area (Å²) in [5.74, 6) is 0. The standard InChI is InChI=1S/C10H12NSe/c1-2-3-4-8-12-10-6-5-7-11-9-10/h4,6-9H,2-3H2,1H3. The number of allylic oxidation sites excluding steroid dienone is 1. The van der Waals surface area contributed by atoms with Gasteiger partial charge in [-0.1, -0.05) is 0 Å². The van der Waals surface area contributed by atoms with Gasteiger partial charge in [0.25, 0.3) is 0 Å². The minimum atomic E-state index is 0.444. The molecule has 1 aromatic heterocycles. The fraction of sp³-hybridized carbons (Fsp3) is 0.300. The Bertz CT molecular complexity index is 231. The first-order valence-corrected chi connectivity index (χ1v) is 5.91. The Balaban J connectivity index is 2.33. The summed E-state index contributed by atoms with van der Waals surface area (Å²) in [6.45, 7) is 2.19. The van der Waals surface area contributed by atoms with E-state index in [2.05, 4.69) is 29.0 Å². The molecule has 0 bridgehead atoms.